The maximum absolute atomic E-state index is 12.5. The lowest BCUT2D eigenvalue weighted by Gasteiger charge is -2.33. The fraction of sp³-hybridized carbons (Fsp3) is 0.533. The van der Waals surface area contributed by atoms with Gasteiger partial charge in [-0.1, -0.05) is 19.1 Å². The molecule has 1 aromatic rings. The van der Waals surface area contributed by atoms with Crippen molar-refractivity contribution in [3.05, 3.63) is 29.8 Å². The second-order valence-electron chi connectivity index (χ2n) is 5.22. The summed E-state index contributed by atoms with van der Waals surface area (Å²) < 4.78 is 0. The Bertz CT molecular complexity index is 477. The number of rotatable bonds is 3. The highest BCUT2D eigenvalue weighted by atomic mass is 32.2. The standard InChI is InChI=1S/C15H20N2OS/c1-2-16-9-5-6-12(16)10-17-11-19-14-8-4-3-7-13(14)15(17)18/h3-4,7-8,12H,2,5-6,9-11H2,1H3/t12-/m0/s1. The van der Waals surface area contributed by atoms with Gasteiger partial charge < -0.3 is 4.90 Å². The maximum atomic E-state index is 12.5. The van der Waals surface area contributed by atoms with Crippen LogP contribution in [0.4, 0.5) is 0 Å². The van der Waals surface area contributed by atoms with Crippen LogP contribution in [0.3, 0.4) is 0 Å². The summed E-state index contributed by atoms with van der Waals surface area (Å²) >= 11 is 1.78. The van der Waals surface area contributed by atoms with Crippen molar-refractivity contribution in [2.24, 2.45) is 0 Å². The molecule has 1 amide bonds. The predicted molar refractivity (Wildman–Crippen MR) is 78.5 cm³/mol. The summed E-state index contributed by atoms with van der Waals surface area (Å²) in [6.07, 6.45) is 2.49. The number of likely N-dealkylation sites (N-methyl/N-ethyl adjacent to an activating group) is 1. The fourth-order valence-electron chi connectivity index (χ4n) is 3.05. The van der Waals surface area contributed by atoms with Crippen molar-refractivity contribution in [3.8, 4) is 0 Å². The molecular formula is C15H20N2OS. The third-order valence-electron chi connectivity index (χ3n) is 4.12. The summed E-state index contributed by atoms with van der Waals surface area (Å²) in [5.41, 5.74) is 0.875. The van der Waals surface area contributed by atoms with E-state index in [-0.39, 0.29) is 5.91 Å². The lowest BCUT2D eigenvalue weighted by atomic mass is 10.1. The van der Waals surface area contributed by atoms with Crippen LogP contribution in [0.25, 0.3) is 0 Å². The molecule has 3 rings (SSSR count). The molecule has 2 heterocycles. The van der Waals surface area contributed by atoms with Crippen LogP contribution in [0.1, 0.15) is 30.1 Å². The molecule has 1 saturated heterocycles. The Morgan fingerprint density at radius 1 is 1.37 bits per heavy atom. The van der Waals surface area contributed by atoms with Crippen LogP contribution in [-0.4, -0.2) is 47.3 Å². The van der Waals surface area contributed by atoms with Gasteiger partial charge in [-0.05, 0) is 38.1 Å². The van der Waals surface area contributed by atoms with Crippen molar-refractivity contribution in [2.45, 2.75) is 30.7 Å². The second-order valence-corrected chi connectivity index (χ2v) is 6.21. The summed E-state index contributed by atoms with van der Waals surface area (Å²) in [5.74, 6) is 1.00. The van der Waals surface area contributed by atoms with Crippen molar-refractivity contribution in [1.29, 1.82) is 0 Å². The van der Waals surface area contributed by atoms with Gasteiger partial charge in [0.1, 0.15) is 0 Å². The fourth-order valence-corrected chi connectivity index (χ4v) is 4.06. The Labute approximate surface area is 119 Å². The largest absolute Gasteiger partial charge is 0.327 e. The number of benzene rings is 1. The van der Waals surface area contributed by atoms with Crippen LogP contribution < -0.4 is 0 Å². The van der Waals surface area contributed by atoms with Gasteiger partial charge in [-0.2, -0.15) is 0 Å². The van der Waals surface area contributed by atoms with Gasteiger partial charge in [-0.25, -0.2) is 0 Å². The zero-order valence-electron chi connectivity index (χ0n) is 11.3. The smallest absolute Gasteiger partial charge is 0.255 e. The molecule has 0 radical (unpaired) electrons. The number of fused-ring (bicyclic) bond motifs is 1. The minimum atomic E-state index is 0.206. The third-order valence-corrected chi connectivity index (χ3v) is 5.22. The van der Waals surface area contributed by atoms with Gasteiger partial charge in [0.25, 0.3) is 5.91 Å². The van der Waals surface area contributed by atoms with Crippen LogP contribution in [0.15, 0.2) is 29.2 Å². The lowest BCUT2D eigenvalue weighted by Crippen LogP contribution is -2.44. The Kier molecular flexibility index (Phi) is 3.80. The van der Waals surface area contributed by atoms with E-state index < -0.39 is 0 Å². The van der Waals surface area contributed by atoms with Gasteiger partial charge in [0.05, 0.1) is 11.4 Å². The molecule has 0 saturated carbocycles. The molecule has 4 heteroatoms. The summed E-state index contributed by atoms with van der Waals surface area (Å²) in [7, 11) is 0. The summed E-state index contributed by atoms with van der Waals surface area (Å²) in [5, 5.41) is 0. The van der Waals surface area contributed by atoms with Crippen molar-refractivity contribution in [3.63, 3.8) is 0 Å². The van der Waals surface area contributed by atoms with Crippen LogP contribution in [0, 0.1) is 0 Å². The third kappa shape index (κ3) is 2.51. The van der Waals surface area contributed by atoms with Crippen LogP contribution in [-0.2, 0) is 0 Å². The molecule has 1 atom stereocenters. The monoisotopic (exact) mass is 276 g/mol. The number of carbonyl (C=O) groups is 1. The molecule has 3 nitrogen and oxygen atoms in total. The first-order valence-electron chi connectivity index (χ1n) is 7.04. The van der Waals surface area contributed by atoms with Gasteiger partial charge in [-0.3, -0.25) is 9.69 Å². The summed E-state index contributed by atoms with van der Waals surface area (Å²) in [6, 6.07) is 8.51. The zero-order valence-corrected chi connectivity index (χ0v) is 12.2. The normalized spacial score (nSPS) is 23.7. The number of amides is 1. The number of hydrogen-bond acceptors (Lipinski definition) is 3. The SMILES string of the molecule is CCN1CCC[C@H]1CN1CSc2ccccc2C1=O. The number of carbonyl (C=O) groups excluding carboxylic acids is 1. The van der Waals surface area contributed by atoms with Crippen molar-refractivity contribution >= 4 is 17.7 Å². The van der Waals surface area contributed by atoms with Gasteiger partial charge in [-0.15, -0.1) is 11.8 Å². The van der Waals surface area contributed by atoms with Crippen LogP contribution >= 0.6 is 11.8 Å². The molecule has 2 aliphatic heterocycles. The summed E-state index contributed by atoms with van der Waals surface area (Å²) in [4.78, 5) is 18.1. The average Bonchev–Trinajstić information content (AvgIpc) is 2.89. The van der Waals surface area contributed by atoms with E-state index in [1.807, 2.05) is 29.2 Å². The minimum Gasteiger partial charge on any atom is -0.327 e. The van der Waals surface area contributed by atoms with Crippen molar-refractivity contribution in [2.75, 3.05) is 25.5 Å². The molecule has 0 aromatic heterocycles. The quantitative estimate of drug-likeness (QED) is 0.848. The molecule has 19 heavy (non-hydrogen) atoms. The van der Waals surface area contributed by atoms with E-state index in [0.717, 1.165) is 29.4 Å². The Hall–Kier alpha value is -1.00. The number of hydrogen-bond donors (Lipinski definition) is 0. The Morgan fingerprint density at radius 3 is 3.05 bits per heavy atom. The maximum Gasteiger partial charge on any atom is 0.255 e. The van der Waals surface area contributed by atoms with E-state index >= 15 is 0 Å². The van der Waals surface area contributed by atoms with E-state index in [0.29, 0.717) is 6.04 Å². The van der Waals surface area contributed by atoms with Gasteiger partial charge >= 0.3 is 0 Å². The lowest BCUT2D eigenvalue weighted by molar-refractivity contribution is 0.0734. The molecule has 0 aliphatic carbocycles. The number of thioether (sulfide) groups is 1. The first kappa shape index (κ1) is 13.0. The molecule has 1 aromatic carbocycles. The molecule has 102 valence electrons. The van der Waals surface area contributed by atoms with Crippen molar-refractivity contribution < 1.29 is 4.79 Å². The van der Waals surface area contributed by atoms with Gasteiger partial charge in [0, 0.05) is 17.5 Å². The van der Waals surface area contributed by atoms with Gasteiger partial charge in [0.2, 0.25) is 0 Å². The molecule has 0 unspecified atom stereocenters. The average molecular weight is 276 g/mol. The predicted octanol–water partition coefficient (Wildman–Crippen LogP) is 2.68. The topological polar surface area (TPSA) is 23.6 Å². The van der Waals surface area contributed by atoms with E-state index in [1.54, 1.807) is 11.8 Å². The molecule has 1 fully saturated rings. The van der Waals surface area contributed by atoms with Crippen LogP contribution in [0.5, 0.6) is 0 Å². The van der Waals surface area contributed by atoms with Crippen LogP contribution in [0.2, 0.25) is 0 Å². The van der Waals surface area contributed by atoms with Crippen molar-refractivity contribution in [1.82, 2.24) is 9.80 Å². The van der Waals surface area contributed by atoms with E-state index in [9.17, 15) is 4.79 Å². The Morgan fingerprint density at radius 2 is 2.21 bits per heavy atom. The number of likely N-dealkylation sites (tertiary alicyclic amines) is 1. The van der Waals surface area contributed by atoms with E-state index in [1.165, 1.54) is 19.4 Å². The first-order valence-corrected chi connectivity index (χ1v) is 8.03. The van der Waals surface area contributed by atoms with E-state index in [4.69, 9.17) is 0 Å². The van der Waals surface area contributed by atoms with E-state index in [2.05, 4.69) is 11.8 Å². The highest BCUT2D eigenvalue weighted by molar-refractivity contribution is 7.99. The number of nitrogens with zero attached hydrogens (tertiary/aromatic N) is 2. The zero-order chi connectivity index (χ0) is 13.2. The molecule has 0 spiro atoms. The Balaban J connectivity index is 1.72. The first-order chi connectivity index (χ1) is 9.29. The second kappa shape index (κ2) is 5.55. The summed E-state index contributed by atoms with van der Waals surface area (Å²) in [6.45, 7) is 5.37. The van der Waals surface area contributed by atoms with Gasteiger partial charge in [0.15, 0.2) is 0 Å². The highest BCUT2D eigenvalue weighted by Gasteiger charge is 2.30. The minimum absolute atomic E-state index is 0.206. The molecular weight excluding hydrogens is 256 g/mol. The molecule has 0 bridgehead atoms. The molecule has 0 N–H and O–H groups in total. The highest BCUT2D eigenvalue weighted by Crippen LogP contribution is 2.31. The molecule has 2 aliphatic rings.